The van der Waals surface area contributed by atoms with E-state index in [1.165, 1.54) is 25.0 Å². The van der Waals surface area contributed by atoms with Gasteiger partial charge in [0.25, 0.3) is 11.9 Å². The van der Waals surface area contributed by atoms with Crippen molar-refractivity contribution < 1.29 is 9.53 Å². The first kappa shape index (κ1) is 27.4. The second kappa shape index (κ2) is 12.7. The number of rotatable bonds is 5. The number of pyridine rings is 1. The number of hydrogen-bond donors (Lipinski definition) is 3. The number of aliphatic imine (C=N–C) groups is 3. The molecule has 0 saturated heterocycles. The molecular formula is C27H23ClN8O2S. The van der Waals surface area contributed by atoms with Crippen LogP contribution >= 0.6 is 23.4 Å². The minimum Gasteiger partial charge on any atom is -0.457 e. The van der Waals surface area contributed by atoms with Crippen molar-refractivity contribution in [2.45, 2.75) is 0 Å². The summed E-state index contributed by atoms with van der Waals surface area (Å²) in [6, 6.07) is 19.6. The second-order valence-corrected chi connectivity index (χ2v) is 9.20. The minimum absolute atomic E-state index is 0.0341. The third-order valence-corrected chi connectivity index (χ3v) is 6.28. The third kappa shape index (κ3) is 7.22. The maximum atomic E-state index is 11.9. The number of guanidine groups is 2. The largest absolute Gasteiger partial charge is 0.457 e. The fourth-order valence-corrected chi connectivity index (χ4v) is 4.12. The van der Waals surface area contributed by atoms with Crippen LogP contribution in [-0.2, 0) is 0 Å². The Labute approximate surface area is 234 Å². The number of nitrogens with zero attached hydrogens (tertiary/aromatic N) is 5. The topological polar surface area (TPSA) is 150 Å². The van der Waals surface area contributed by atoms with Crippen molar-refractivity contribution in [1.29, 1.82) is 5.26 Å². The van der Waals surface area contributed by atoms with Crippen molar-refractivity contribution in [3.8, 4) is 17.6 Å². The molecule has 0 aliphatic carbocycles. The summed E-state index contributed by atoms with van der Waals surface area (Å²) in [5.41, 5.74) is 8.33. The first-order valence-electron chi connectivity index (χ1n) is 11.5. The number of thioether (sulfide) groups is 1. The molecule has 0 fully saturated rings. The second-order valence-electron chi connectivity index (χ2n) is 7.94. The van der Waals surface area contributed by atoms with Gasteiger partial charge in [0.15, 0.2) is 0 Å². The number of carbonyl (C=O) groups is 1. The van der Waals surface area contributed by atoms with Crippen LogP contribution in [0.15, 0.2) is 87.9 Å². The van der Waals surface area contributed by atoms with Crippen LogP contribution < -0.4 is 21.1 Å². The normalized spacial score (nSPS) is 15.2. The maximum Gasteiger partial charge on any atom is 0.269 e. The van der Waals surface area contributed by atoms with Crippen LogP contribution in [0.2, 0.25) is 5.02 Å². The first-order valence-corrected chi connectivity index (χ1v) is 13.1. The van der Waals surface area contributed by atoms with Gasteiger partial charge in [-0.15, -0.1) is 11.8 Å². The van der Waals surface area contributed by atoms with Gasteiger partial charge < -0.3 is 21.1 Å². The Morgan fingerprint density at radius 2 is 1.92 bits per heavy atom. The lowest BCUT2D eigenvalue weighted by atomic mass is 10.1. The summed E-state index contributed by atoms with van der Waals surface area (Å²) < 4.78 is 5.89. The number of benzene rings is 2. The fourth-order valence-electron chi connectivity index (χ4n) is 3.45. The minimum atomic E-state index is -0.595. The van der Waals surface area contributed by atoms with Crippen molar-refractivity contribution in [1.82, 2.24) is 10.3 Å². The number of amides is 1. The Morgan fingerprint density at radius 3 is 2.64 bits per heavy atom. The van der Waals surface area contributed by atoms with Gasteiger partial charge in [0.05, 0.1) is 16.8 Å². The van der Waals surface area contributed by atoms with Crippen LogP contribution in [0.25, 0.3) is 5.70 Å². The van der Waals surface area contributed by atoms with Gasteiger partial charge >= 0.3 is 0 Å². The smallest absolute Gasteiger partial charge is 0.269 e. The van der Waals surface area contributed by atoms with Gasteiger partial charge in [0, 0.05) is 41.7 Å². The predicted molar refractivity (Wildman–Crippen MR) is 156 cm³/mol. The van der Waals surface area contributed by atoms with E-state index in [0.717, 1.165) is 5.56 Å². The number of nitriles is 1. The number of hydrogen-bond acceptors (Lipinski definition) is 8. The molecule has 1 aliphatic heterocycles. The fraction of sp³-hybridized carbons (Fsp3) is 0.111. The Morgan fingerprint density at radius 1 is 1.15 bits per heavy atom. The van der Waals surface area contributed by atoms with Gasteiger partial charge in [0.2, 0.25) is 5.96 Å². The van der Waals surface area contributed by atoms with Crippen molar-refractivity contribution in [2.75, 3.05) is 18.6 Å². The molecule has 10 nitrogen and oxygen atoms in total. The lowest BCUT2D eigenvalue weighted by Gasteiger charge is -2.10. The molecule has 4 rings (SSSR count). The molecule has 3 aromatic rings. The van der Waals surface area contributed by atoms with Gasteiger partial charge in [-0.05, 0) is 42.7 Å². The number of carbonyl (C=O) groups excluding carboxylic acids is 1. The van der Waals surface area contributed by atoms with Crippen LogP contribution in [0.5, 0.6) is 11.5 Å². The molecule has 196 valence electrons. The highest BCUT2D eigenvalue weighted by molar-refractivity contribution is 8.13. The number of ether oxygens (including phenoxy) is 1. The highest BCUT2D eigenvalue weighted by Gasteiger charge is 2.19. The van der Waals surface area contributed by atoms with Crippen molar-refractivity contribution in [2.24, 2.45) is 26.6 Å². The summed E-state index contributed by atoms with van der Waals surface area (Å²) in [4.78, 5) is 29.3. The molecule has 4 N–H and O–H groups in total. The number of halogens is 1. The summed E-state index contributed by atoms with van der Waals surface area (Å²) in [7, 11) is 1.53. The zero-order chi connectivity index (χ0) is 27.8. The molecule has 2 aromatic carbocycles. The SMILES string of the molecule is CNC(=O)c1cc(Oc2cccc(N/C(N)=N/C3=NC(c4ccc(Cl)cc4)=CC(C#N)C(SC)=N3)c2)ccn1. The van der Waals surface area contributed by atoms with E-state index in [1.807, 2.05) is 18.4 Å². The van der Waals surface area contributed by atoms with E-state index in [0.29, 0.717) is 32.9 Å². The Hall–Kier alpha value is -4.66. The number of anilines is 1. The van der Waals surface area contributed by atoms with Gasteiger partial charge in [-0.2, -0.15) is 10.3 Å². The highest BCUT2D eigenvalue weighted by atomic mass is 35.5. The van der Waals surface area contributed by atoms with E-state index in [1.54, 1.807) is 54.6 Å². The van der Waals surface area contributed by atoms with E-state index in [9.17, 15) is 10.1 Å². The van der Waals surface area contributed by atoms with Gasteiger partial charge in [-0.3, -0.25) is 9.78 Å². The summed E-state index contributed by atoms with van der Waals surface area (Å²) in [5.74, 6) is 0.163. The summed E-state index contributed by atoms with van der Waals surface area (Å²) in [6.45, 7) is 0. The molecule has 12 heteroatoms. The van der Waals surface area contributed by atoms with E-state index >= 15 is 0 Å². The van der Waals surface area contributed by atoms with Crippen LogP contribution in [0.3, 0.4) is 0 Å². The molecule has 0 spiro atoms. The van der Waals surface area contributed by atoms with E-state index < -0.39 is 5.92 Å². The lowest BCUT2D eigenvalue weighted by Crippen LogP contribution is -2.24. The average Bonchev–Trinajstić information content (AvgIpc) is 3.12. The molecule has 0 bridgehead atoms. The monoisotopic (exact) mass is 558 g/mol. The molecule has 2 heterocycles. The van der Waals surface area contributed by atoms with E-state index in [4.69, 9.17) is 22.1 Å². The maximum absolute atomic E-state index is 11.9. The number of nitrogens with two attached hydrogens (primary N) is 1. The molecular weight excluding hydrogens is 536 g/mol. The van der Waals surface area contributed by atoms with Crippen molar-refractivity contribution >= 4 is 57.6 Å². The summed E-state index contributed by atoms with van der Waals surface area (Å²) in [5, 5.41) is 16.4. The van der Waals surface area contributed by atoms with Crippen molar-refractivity contribution in [3.63, 3.8) is 0 Å². The van der Waals surface area contributed by atoms with Crippen LogP contribution in [0.1, 0.15) is 16.1 Å². The first-order chi connectivity index (χ1) is 18.9. The molecule has 1 aliphatic rings. The van der Waals surface area contributed by atoms with Gasteiger partial charge in [0.1, 0.15) is 23.1 Å². The Balaban J connectivity index is 1.57. The number of aromatic nitrogens is 1. The van der Waals surface area contributed by atoms with Gasteiger partial charge in [-0.25, -0.2) is 9.98 Å². The molecule has 1 atom stereocenters. The predicted octanol–water partition coefficient (Wildman–Crippen LogP) is 4.93. The Kier molecular flexibility index (Phi) is 8.94. The number of allylic oxidation sites excluding steroid dienone is 1. The van der Waals surface area contributed by atoms with Crippen LogP contribution in [0, 0.1) is 17.2 Å². The summed E-state index contributed by atoms with van der Waals surface area (Å²) in [6.07, 6.45) is 5.06. The Bertz CT molecular complexity index is 1540. The molecule has 1 aromatic heterocycles. The van der Waals surface area contributed by atoms with Gasteiger partial charge in [-0.1, -0.05) is 29.8 Å². The van der Waals surface area contributed by atoms with Crippen LogP contribution in [0.4, 0.5) is 5.69 Å². The van der Waals surface area contributed by atoms with E-state index in [-0.39, 0.29) is 23.5 Å². The quantitative estimate of drug-likeness (QED) is 0.297. The summed E-state index contributed by atoms with van der Waals surface area (Å²) >= 11 is 7.37. The van der Waals surface area contributed by atoms with Crippen LogP contribution in [-0.4, -0.2) is 41.2 Å². The highest BCUT2D eigenvalue weighted by Crippen LogP contribution is 2.27. The van der Waals surface area contributed by atoms with E-state index in [2.05, 4.69) is 36.7 Å². The molecule has 39 heavy (non-hydrogen) atoms. The molecule has 0 saturated carbocycles. The number of nitrogens with one attached hydrogen (secondary N) is 2. The molecule has 1 amide bonds. The molecule has 1 unspecified atom stereocenters. The standard InChI is InChI=1S/C27H23ClN8O2S/c1-31-24(37)23-14-21(10-11-32-23)38-20-5-3-4-19(13-20)33-26(30)36-27-34-22(16-6-8-18(28)9-7-16)12-17(15-29)25(35-27)39-2/h3-14,17H,1-2H3,(H,31,37)(H3,30,33,34,36). The zero-order valence-electron chi connectivity index (χ0n) is 20.9. The lowest BCUT2D eigenvalue weighted by molar-refractivity contribution is 0.0958. The average molecular weight is 559 g/mol. The third-order valence-electron chi connectivity index (χ3n) is 5.26. The molecule has 0 radical (unpaired) electrons. The zero-order valence-corrected chi connectivity index (χ0v) is 22.5. The van der Waals surface area contributed by atoms with Crippen molar-refractivity contribution in [3.05, 3.63) is 89.2 Å².